The molecule has 0 radical (unpaired) electrons. The lowest BCUT2D eigenvalue weighted by atomic mass is 10.1. The summed E-state index contributed by atoms with van der Waals surface area (Å²) in [5, 5.41) is 5.02. The van der Waals surface area contributed by atoms with Crippen molar-refractivity contribution >= 4 is 17.2 Å². The quantitative estimate of drug-likeness (QED) is 0.528. The zero-order valence-electron chi connectivity index (χ0n) is 15.2. The standard InChI is InChI=1S/C21H17F3N2O2S/c1-2-10-25-19(27)18-13-29-20(26-18)15-6-8-17(9-7-15)28-12-14-4-3-5-16(11-14)21(22,23)24/h2-9,11,13H,1,10,12H2,(H,25,27). The van der Waals surface area contributed by atoms with E-state index in [1.165, 1.54) is 17.4 Å². The van der Waals surface area contributed by atoms with E-state index in [1.807, 2.05) is 0 Å². The molecular formula is C21H17F3N2O2S. The molecule has 29 heavy (non-hydrogen) atoms. The summed E-state index contributed by atoms with van der Waals surface area (Å²) in [6, 6.07) is 12.0. The molecule has 0 aliphatic heterocycles. The first-order chi connectivity index (χ1) is 13.9. The number of hydrogen-bond donors (Lipinski definition) is 1. The highest BCUT2D eigenvalue weighted by atomic mass is 32.1. The van der Waals surface area contributed by atoms with E-state index in [9.17, 15) is 18.0 Å². The van der Waals surface area contributed by atoms with Gasteiger partial charge in [-0.2, -0.15) is 13.2 Å². The highest BCUT2D eigenvalue weighted by Gasteiger charge is 2.30. The van der Waals surface area contributed by atoms with Crippen LogP contribution in [0.4, 0.5) is 13.2 Å². The van der Waals surface area contributed by atoms with Crippen molar-refractivity contribution in [1.29, 1.82) is 0 Å². The van der Waals surface area contributed by atoms with Crippen LogP contribution in [0, 0.1) is 0 Å². The molecule has 0 unspecified atom stereocenters. The maximum Gasteiger partial charge on any atom is 0.416 e. The van der Waals surface area contributed by atoms with Gasteiger partial charge in [0, 0.05) is 17.5 Å². The van der Waals surface area contributed by atoms with Crippen LogP contribution in [0.2, 0.25) is 0 Å². The van der Waals surface area contributed by atoms with Crippen LogP contribution >= 0.6 is 11.3 Å². The molecule has 1 N–H and O–H groups in total. The van der Waals surface area contributed by atoms with Crippen LogP contribution in [0.5, 0.6) is 5.75 Å². The minimum atomic E-state index is -4.38. The fourth-order valence-corrected chi connectivity index (χ4v) is 3.27. The lowest BCUT2D eigenvalue weighted by Gasteiger charge is -2.10. The van der Waals surface area contributed by atoms with E-state index < -0.39 is 11.7 Å². The number of aromatic nitrogens is 1. The average molecular weight is 418 g/mol. The van der Waals surface area contributed by atoms with Gasteiger partial charge in [0.25, 0.3) is 5.91 Å². The maximum absolute atomic E-state index is 12.8. The number of hydrogen-bond acceptors (Lipinski definition) is 4. The molecule has 8 heteroatoms. The lowest BCUT2D eigenvalue weighted by Crippen LogP contribution is -2.23. The van der Waals surface area contributed by atoms with Gasteiger partial charge in [0.05, 0.1) is 5.56 Å². The van der Waals surface area contributed by atoms with Gasteiger partial charge in [0.15, 0.2) is 0 Å². The number of thiazole rings is 1. The second-order valence-electron chi connectivity index (χ2n) is 6.05. The van der Waals surface area contributed by atoms with Crippen LogP contribution in [0.15, 0.2) is 66.6 Å². The Bertz CT molecular complexity index is 998. The molecule has 0 aliphatic carbocycles. The number of rotatable bonds is 7. The van der Waals surface area contributed by atoms with Crippen molar-refractivity contribution in [1.82, 2.24) is 10.3 Å². The molecule has 3 rings (SSSR count). The SMILES string of the molecule is C=CCNC(=O)c1csc(-c2ccc(OCc3cccc(C(F)(F)F)c3)cc2)n1. The lowest BCUT2D eigenvalue weighted by molar-refractivity contribution is -0.137. The number of nitrogens with zero attached hydrogens (tertiary/aromatic N) is 1. The number of ether oxygens (including phenoxy) is 1. The van der Waals surface area contributed by atoms with Crippen LogP contribution in [0.1, 0.15) is 21.6 Å². The maximum atomic E-state index is 12.8. The molecule has 0 bridgehead atoms. The number of carbonyl (C=O) groups excluding carboxylic acids is 1. The average Bonchev–Trinajstić information content (AvgIpc) is 3.21. The number of amides is 1. The Morgan fingerprint density at radius 3 is 2.66 bits per heavy atom. The Balaban J connectivity index is 1.63. The summed E-state index contributed by atoms with van der Waals surface area (Å²) in [5.41, 5.74) is 0.866. The molecule has 150 valence electrons. The van der Waals surface area contributed by atoms with Gasteiger partial charge < -0.3 is 10.1 Å². The van der Waals surface area contributed by atoms with E-state index in [-0.39, 0.29) is 12.5 Å². The number of halogens is 3. The molecule has 0 fully saturated rings. The molecule has 4 nitrogen and oxygen atoms in total. The topological polar surface area (TPSA) is 51.2 Å². The van der Waals surface area contributed by atoms with E-state index in [0.717, 1.165) is 17.7 Å². The third kappa shape index (κ3) is 5.45. The molecule has 0 saturated carbocycles. The second kappa shape index (κ2) is 8.91. The third-order valence-corrected chi connectivity index (χ3v) is 4.80. The molecule has 0 atom stereocenters. The summed E-state index contributed by atoms with van der Waals surface area (Å²) in [4.78, 5) is 16.2. The first-order valence-electron chi connectivity index (χ1n) is 8.61. The van der Waals surface area contributed by atoms with Gasteiger partial charge >= 0.3 is 6.18 Å². The zero-order chi connectivity index (χ0) is 20.9. The Kier molecular flexibility index (Phi) is 6.33. The van der Waals surface area contributed by atoms with Crippen molar-refractivity contribution in [2.75, 3.05) is 6.54 Å². The monoisotopic (exact) mass is 418 g/mol. The Hall–Kier alpha value is -3.13. The van der Waals surface area contributed by atoms with Crippen molar-refractivity contribution < 1.29 is 22.7 Å². The fraction of sp³-hybridized carbons (Fsp3) is 0.143. The summed E-state index contributed by atoms with van der Waals surface area (Å²) in [6.45, 7) is 3.93. The number of carbonyl (C=O) groups is 1. The number of benzene rings is 2. The van der Waals surface area contributed by atoms with E-state index in [2.05, 4.69) is 16.9 Å². The highest BCUT2D eigenvalue weighted by molar-refractivity contribution is 7.13. The smallest absolute Gasteiger partial charge is 0.416 e. The van der Waals surface area contributed by atoms with Crippen LogP contribution in [0.3, 0.4) is 0 Å². The molecule has 2 aromatic carbocycles. The molecule has 0 aliphatic rings. The zero-order valence-corrected chi connectivity index (χ0v) is 16.0. The van der Waals surface area contributed by atoms with E-state index >= 15 is 0 Å². The molecule has 1 amide bonds. The summed E-state index contributed by atoms with van der Waals surface area (Å²) < 4.78 is 43.9. The first-order valence-corrected chi connectivity index (χ1v) is 9.49. The molecule has 1 aromatic heterocycles. The minimum Gasteiger partial charge on any atom is -0.489 e. The van der Waals surface area contributed by atoms with Crippen molar-refractivity contribution in [3.8, 4) is 16.3 Å². The summed E-state index contributed by atoms with van der Waals surface area (Å²) in [6.07, 6.45) is -2.80. The van der Waals surface area contributed by atoms with Gasteiger partial charge in [-0.05, 0) is 42.0 Å². The van der Waals surface area contributed by atoms with Crippen molar-refractivity contribution in [3.05, 3.63) is 83.4 Å². The van der Waals surface area contributed by atoms with Gasteiger partial charge in [-0.25, -0.2) is 4.98 Å². The predicted molar refractivity (Wildman–Crippen MR) is 106 cm³/mol. The molecular weight excluding hydrogens is 401 g/mol. The Morgan fingerprint density at radius 1 is 1.21 bits per heavy atom. The minimum absolute atomic E-state index is 0.0220. The molecule has 0 spiro atoms. The van der Waals surface area contributed by atoms with E-state index in [0.29, 0.717) is 28.6 Å². The van der Waals surface area contributed by atoms with Gasteiger partial charge in [0.1, 0.15) is 23.1 Å². The first kappa shape index (κ1) is 20.6. The second-order valence-corrected chi connectivity index (χ2v) is 6.91. The van der Waals surface area contributed by atoms with Crippen LogP contribution < -0.4 is 10.1 Å². The number of alkyl halides is 3. The predicted octanol–water partition coefficient (Wildman–Crippen LogP) is 5.32. The summed E-state index contributed by atoms with van der Waals surface area (Å²) in [5.74, 6) is 0.250. The van der Waals surface area contributed by atoms with Gasteiger partial charge in [0.2, 0.25) is 0 Å². The fourth-order valence-electron chi connectivity index (χ4n) is 2.46. The third-order valence-electron chi connectivity index (χ3n) is 3.90. The van der Waals surface area contributed by atoms with Gasteiger partial charge in [-0.3, -0.25) is 4.79 Å². The summed E-state index contributed by atoms with van der Waals surface area (Å²) >= 11 is 1.34. The van der Waals surface area contributed by atoms with Gasteiger partial charge in [-0.1, -0.05) is 18.2 Å². The Labute approximate surface area is 169 Å². The highest BCUT2D eigenvalue weighted by Crippen LogP contribution is 2.30. The molecule has 3 aromatic rings. The molecule has 0 saturated heterocycles. The van der Waals surface area contributed by atoms with Gasteiger partial charge in [-0.15, -0.1) is 17.9 Å². The van der Waals surface area contributed by atoms with Crippen LogP contribution in [-0.2, 0) is 12.8 Å². The van der Waals surface area contributed by atoms with Crippen molar-refractivity contribution in [2.24, 2.45) is 0 Å². The number of nitrogens with one attached hydrogen (secondary N) is 1. The normalized spacial score (nSPS) is 11.1. The van der Waals surface area contributed by atoms with E-state index in [1.54, 1.807) is 41.8 Å². The van der Waals surface area contributed by atoms with Crippen LogP contribution in [0.25, 0.3) is 10.6 Å². The molecule has 1 heterocycles. The summed E-state index contributed by atoms with van der Waals surface area (Å²) in [7, 11) is 0. The van der Waals surface area contributed by atoms with Crippen LogP contribution in [-0.4, -0.2) is 17.4 Å². The van der Waals surface area contributed by atoms with E-state index in [4.69, 9.17) is 4.74 Å². The largest absolute Gasteiger partial charge is 0.489 e. The Morgan fingerprint density at radius 2 is 1.97 bits per heavy atom. The van der Waals surface area contributed by atoms with Crippen molar-refractivity contribution in [3.63, 3.8) is 0 Å². The van der Waals surface area contributed by atoms with Crippen molar-refractivity contribution in [2.45, 2.75) is 12.8 Å².